The Bertz CT molecular complexity index is 1100. The topological polar surface area (TPSA) is 73.8 Å². The third kappa shape index (κ3) is 2.76. The van der Waals surface area contributed by atoms with Crippen LogP contribution in [0.2, 0.25) is 0 Å². The quantitative estimate of drug-likeness (QED) is 0.562. The summed E-state index contributed by atoms with van der Waals surface area (Å²) in [6.07, 6.45) is 2.22. The molecular formula is C18H16N4O2S. The van der Waals surface area contributed by atoms with Gasteiger partial charge in [-0.25, -0.2) is 4.98 Å². The summed E-state index contributed by atoms with van der Waals surface area (Å²) < 4.78 is 7.02. The normalized spacial score (nSPS) is 11.3. The summed E-state index contributed by atoms with van der Waals surface area (Å²) in [5.41, 5.74) is 1.97. The Labute approximate surface area is 147 Å². The summed E-state index contributed by atoms with van der Waals surface area (Å²) >= 11 is 1.54. The molecule has 7 heteroatoms. The van der Waals surface area contributed by atoms with Gasteiger partial charge < -0.3 is 4.42 Å². The summed E-state index contributed by atoms with van der Waals surface area (Å²) in [6.45, 7) is 4.14. The van der Waals surface area contributed by atoms with Gasteiger partial charge in [-0.05, 0) is 18.1 Å². The predicted octanol–water partition coefficient (Wildman–Crippen LogP) is 3.43. The highest BCUT2D eigenvalue weighted by molar-refractivity contribution is 7.22. The lowest BCUT2D eigenvalue weighted by atomic mass is 10.1. The predicted molar refractivity (Wildman–Crippen MR) is 96.8 cm³/mol. The molecule has 1 aromatic carbocycles. The number of hydrogen-bond donors (Lipinski definition) is 0. The number of benzene rings is 1. The van der Waals surface area contributed by atoms with E-state index in [-0.39, 0.29) is 12.1 Å². The minimum Gasteiger partial charge on any atom is -0.423 e. The van der Waals surface area contributed by atoms with Crippen LogP contribution in [0.4, 0.5) is 0 Å². The molecule has 0 aliphatic rings. The molecule has 0 atom stereocenters. The molecule has 0 fully saturated rings. The molecule has 3 aromatic heterocycles. The van der Waals surface area contributed by atoms with E-state index in [0.29, 0.717) is 23.6 Å². The molecule has 0 aliphatic carbocycles. The Morgan fingerprint density at radius 1 is 1.16 bits per heavy atom. The molecular weight excluding hydrogens is 336 g/mol. The van der Waals surface area contributed by atoms with Gasteiger partial charge in [0.1, 0.15) is 11.4 Å². The van der Waals surface area contributed by atoms with Crippen molar-refractivity contribution < 1.29 is 4.42 Å². The zero-order chi connectivity index (χ0) is 17.4. The molecule has 0 radical (unpaired) electrons. The highest BCUT2D eigenvalue weighted by Gasteiger charge is 2.16. The summed E-state index contributed by atoms with van der Waals surface area (Å²) in [5, 5.41) is 8.57. The maximum absolute atomic E-state index is 12.9. The number of aromatic nitrogens is 4. The fraction of sp³-hybridized carbons (Fsp3) is 0.222. The average Bonchev–Trinajstić information content (AvgIpc) is 3.23. The number of hydrogen-bond acceptors (Lipinski definition) is 6. The van der Waals surface area contributed by atoms with Gasteiger partial charge in [-0.15, -0.1) is 21.5 Å². The molecule has 0 spiro atoms. The van der Waals surface area contributed by atoms with E-state index in [1.54, 1.807) is 6.33 Å². The standard InChI is InChI=1S/C18H16N4O2S/c1-3-13-20-21-14(24-13)9-22-10-19-17-15(18(22)23)11(2)16(25-17)12-7-5-4-6-8-12/h4-8,10H,3,9H2,1-2H3. The van der Waals surface area contributed by atoms with Gasteiger partial charge in [0.25, 0.3) is 5.56 Å². The minimum atomic E-state index is -0.0859. The second-order valence-electron chi connectivity index (χ2n) is 5.72. The molecule has 0 bridgehead atoms. The molecule has 0 amide bonds. The molecule has 126 valence electrons. The SMILES string of the molecule is CCc1nnc(Cn2cnc3sc(-c4ccccc4)c(C)c3c2=O)o1. The average molecular weight is 352 g/mol. The zero-order valence-corrected chi connectivity index (χ0v) is 14.7. The number of thiophene rings is 1. The van der Waals surface area contributed by atoms with Gasteiger partial charge in [0.05, 0.1) is 11.7 Å². The lowest BCUT2D eigenvalue weighted by molar-refractivity contribution is 0.439. The zero-order valence-electron chi connectivity index (χ0n) is 13.9. The molecule has 4 aromatic rings. The van der Waals surface area contributed by atoms with Crippen LogP contribution in [-0.4, -0.2) is 19.7 Å². The van der Waals surface area contributed by atoms with Crippen LogP contribution in [0, 0.1) is 6.92 Å². The van der Waals surface area contributed by atoms with Crippen LogP contribution in [0.1, 0.15) is 24.3 Å². The van der Waals surface area contributed by atoms with Crippen molar-refractivity contribution in [1.29, 1.82) is 0 Å². The van der Waals surface area contributed by atoms with Crippen molar-refractivity contribution in [2.75, 3.05) is 0 Å². The van der Waals surface area contributed by atoms with Crippen LogP contribution in [0.3, 0.4) is 0 Å². The maximum Gasteiger partial charge on any atom is 0.262 e. The lowest BCUT2D eigenvalue weighted by Crippen LogP contribution is -2.21. The van der Waals surface area contributed by atoms with E-state index < -0.39 is 0 Å². The van der Waals surface area contributed by atoms with Gasteiger partial charge in [0, 0.05) is 11.3 Å². The number of rotatable bonds is 4. The van der Waals surface area contributed by atoms with Crippen molar-refractivity contribution in [3.63, 3.8) is 0 Å². The summed E-state index contributed by atoms with van der Waals surface area (Å²) in [5.74, 6) is 0.978. The van der Waals surface area contributed by atoms with Gasteiger partial charge in [-0.1, -0.05) is 37.3 Å². The first-order valence-corrected chi connectivity index (χ1v) is 8.84. The summed E-state index contributed by atoms with van der Waals surface area (Å²) in [6, 6.07) is 10.0. The molecule has 0 saturated carbocycles. The highest BCUT2D eigenvalue weighted by atomic mass is 32.1. The van der Waals surface area contributed by atoms with Crippen molar-refractivity contribution >= 4 is 21.6 Å². The fourth-order valence-electron chi connectivity index (χ4n) is 2.78. The van der Waals surface area contributed by atoms with Crippen LogP contribution in [-0.2, 0) is 13.0 Å². The van der Waals surface area contributed by atoms with E-state index in [1.165, 1.54) is 15.9 Å². The fourth-order valence-corrected chi connectivity index (χ4v) is 3.92. The van der Waals surface area contributed by atoms with E-state index in [4.69, 9.17) is 4.42 Å². The van der Waals surface area contributed by atoms with Crippen molar-refractivity contribution in [2.45, 2.75) is 26.8 Å². The molecule has 3 heterocycles. The Kier molecular flexibility index (Phi) is 3.93. The van der Waals surface area contributed by atoms with Crippen LogP contribution in [0.5, 0.6) is 0 Å². The second kappa shape index (κ2) is 6.25. The van der Waals surface area contributed by atoms with E-state index in [2.05, 4.69) is 15.2 Å². The highest BCUT2D eigenvalue weighted by Crippen LogP contribution is 2.35. The summed E-state index contributed by atoms with van der Waals surface area (Å²) in [4.78, 5) is 19.2. The van der Waals surface area contributed by atoms with Crippen molar-refractivity contribution in [1.82, 2.24) is 19.7 Å². The first-order valence-electron chi connectivity index (χ1n) is 8.02. The molecule has 25 heavy (non-hydrogen) atoms. The number of aryl methyl sites for hydroxylation is 2. The smallest absolute Gasteiger partial charge is 0.262 e. The van der Waals surface area contributed by atoms with Crippen molar-refractivity contribution in [2.24, 2.45) is 0 Å². The monoisotopic (exact) mass is 352 g/mol. The van der Waals surface area contributed by atoms with E-state index in [1.807, 2.05) is 44.2 Å². The summed E-state index contributed by atoms with van der Waals surface area (Å²) in [7, 11) is 0. The van der Waals surface area contributed by atoms with Crippen LogP contribution in [0.25, 0.3) is 20.7 Å². The first kappa shape index (κ1) is 15.7. The van der Waals surface area contributed by atoms with Crippen molar-refractivity contribution in [3.8, 4) is 10.4 Å². The first-order chi connectivity index (χ1) is 12.2. The van der Waals surface area contributed by atoms with Gasteiger partial charge in [-0.3, -0.25) is 9.36 Å². The number of nitrogens with zero attached hydrogens (tertiary/aromatic N) is 4. The maximum atomic E-state index is 12.9. The Morgan fingerprint density at radius 2 is 1.92 bits per heavy atom. The molecule has 4 rings (SSSR count). The molecule has 0 saturated heterocycles. The third-order valence-corrected chi connectivity index (χ3v) is 5.32. The van der Waals surface area contributed by atoms with Gasteiger partial charge in [-0.2, -0.15) is 0 Å². The van der Waals surface area contributed by atoms with E-state index >= 15 is 0 Å². The largest absolute Gasteiger partial charge is 0.423 e. The van der Waals surface area contributed by atoms with Crippen molar-refractivity contribution in [3.05, 3.63) is 64.4 Å². The Balaban J connectivity index is 1.80. The Hall–Kier alpha value is -2.80. The Morgan fingerprint density at radius 3 is 2.64 bits per heavy atom. The minimum absolute atomic E-state index is 0.0859. The van der Waals surface area contributed by atoms with Gasteiger partial charge in [0.2, 0.25) is 11.8 Å². The lowest BCUT2D eigenvalue weighted by Gasteiger charge is -2.02. The molecule has 0 aliphatic heterocycles. The van der Waals surface area contributed by atoms with E-state index in [9.17, 15) is 4.79 Å². The second-order valence-corrected chi connectivity index (χ2v) is 6.72. The molecule has 6 nitrogen and oxygen atoms in total. The van der Waals surface area contributed by atoms with E-state index in [0.717, 1.165) is 20.8 Å². The third-order valence-electron chi connectivity index (χ3n) is 4.07. The van der Waals surface area contributed by atoms with Gasteiger partial charge in [0.15, 0.2) is 0 Å². The number of fused-ring (bicyclic) bond motifs is 1. The molecule has 0 N–H and O–H groups in total. The van der Waals surface area contributed by atoms with Crippen LogP contribution < -0.4 is 5.56 Å². The van der Waals surface area contributed by atoms with Gasteiger partial charge >= 0.3 is 0 Å². The van der Waals surface area contributed by atoms with Crippen LogP contribution >= 0.6 is 11.3 Å². The molecule has 0 unspecified atom stereocenters. The van der Waals surface area contributed by atoms with Crippen LogP contribution in [0.15, 0.2) is 45.9 Å².